The predicted molar refractivity (Wildman–Crippen MR) is 242 cm³/mol. The van der Waals surface area contributed by atoms with Gasteiger partial charge in [-0.1, -0.05) is 178 Å². The molecule has 0 amide bonds. The Morgan fingerprint density at radius 2 is 0.702 bits per heavy atom. The molecular weight excluding hydrogens is 709 g/mol. The standard InChI is InChI=1S/C51H88O6/c1-4-7-10-13-16-19-22-25-28-31-34-37-40-43-49(52)55-46-48(57-51(54)45-42-39-36-33-30-27-24-21-18-15-12-9-6-3)47-56-50(53)44-41-38-35-32-29-26-23-20-17-14-11-8-5-2/h7,10,13,16,19,22,26-27,29-30,48H,4-6,8-9,11-12,14-15,17-18,20-21,23-25,28,31-47H2,1-3H3/b10-7-,16-13-,22-19-,29-26-,30-27-. The van der Waals surface area contributed by atoms with Crippen LogP contribution < -0.4 is 0 Å². The van der Waals surface area contributed by atoms with E-state index < -0.39 is 6.10 Å². The molecule has 6 heteroatoms. The summed E-state index contributed by atoms with van der Waals surface area (Å²) in [7, 11) is 0. The minimum atomic E-state index is -0.794. The molecule has 1 unspecified atom stereocenters. The van der Waals surface area contributed by atoms with E-state index in [4.69, 9.17) is 14.2 Å². The zero-order valence-corrected chi connectivity index (χ0v) is 37.3. The van der Waals surface area contributed by atoms with Crippen molar-refractivity contribution in [3.8, 4) is 0 Å². The number of allylic oxidation sites excluding steroid dienone is 10. The van der Waals surface area contributed by atoms with Crippen LogP contribution in [0, 0.1) is 0 Å². The van der Waals surface area contributed by atoms with Gasteiger partial charge in [0.1, 0.15) is 13.2 Å². The Balaban J connectivity index is 4.46. The maximum absolute atomic E-state index is 12.7. The Hall–Kier alpha value is -2.89. The second-order valence-corrected chi connectivity index (χ2v) is 15.7. The van der Waals surface area contributed by atoms with Crippen molar-refractivity contribution in [3.05, 3.63) is 60.8 Å². The van der Waals surface area contributed by atoms with Gasteiger partial charge in [-0.25, -0.2) is 0 Å². The summed E-state index contributed by atoms with van der Waals surface area (Å²) in [6.07, 6.45) is 54.9. The van der Waals surface area contributed by atoms with E-state index in [1.165, 1.54) is 77.0 Å². The van der Waals surface area contributed by atoms with E-state index in [0.717, 1.165) is 109 Å². The van der Waals surface area contributed by atoms with Crippen LogP contribution in [0.15, 0.2) is 60.8 Å². The Labute approximate surface area is 351 Å². The lowest BCUT2D eigenvalue weighted by molar-refractivity contribution is -0.167. The minimum Gasteiger partial charge on any atom is -0.462 e. The molecule has 328 valence electrons. The molecule has 6 nitrogen and oxygen atoms in total. The van der Waals surface area contributed by atoms with Crippen LogP contribution in [0.25, 0.3) is 0 Å². The Bertz CT molecular complexity index is 1050. The van der Waals surface area contributed by atoms with Gasteiger partial charge < -0.3 is 14.2 Å². The third kappa shape index (κ3) is 44.1. The maximum atomic E-state index is 12.7. The predicted octanol–water partition coefficient (Wildman–Crippen LogP) is 15.3. The SMILES string of the molecule is CC\C=C/C=C\C=C/CCCCCCCC(=O)OCC(COC(=O)CCCCC/C=C\CCCCCCCC)OC(=O)CCCCC/C=C\CCCCCCCC. The topological polar surface area (TPSA) is 78.9 Å². The molecule has 0 spiro atoms. The van der Waals surface area contributed by atoms with Gasteiger partial charge in [0.25, 0.3) is 0 Å². The summed E-state index contributed by atoms with van der Waals surface area (Å²) < 4.78 is 16.7. The third-order valence-electron chi connectivity index (χ3n) is 10.0. The highest BCUT2D eigenvalue weighted by atomic mass is 16.6. The normalized spacial score (nSPS) is 12.5. The molecule has 0 aliphatic carbocycles. The molecule has 0 fully saturated rings. The van der Waals surface area contributed by atoms with Gasteiger partial charge in [0.05, 0.1) is 0 Å². The molecular formula is C51H88O6. The van der Waals surface area contributed by atoms with E-state index in [1.807, 2.05) is 0 Å². The van der Waals surface area contributed by atoms with Crippen molar-refractivity contribution in [3.63, 3.8) is 0 Å². The van der Waals surface area contributed by atoms with Crippen LogP contribution in [0.1, 0.15) is 226 Å². The fraction of sp³-hybridized carbons (Fsp3) is 0.745. The Morgan fingerprint density at radius 1 is 0.368 bits per heavy atom. The number of esters is 3. The second-order valence-electron chi connectivity index (χ2n) is 15.7. The summed E-state index contributed by atoms with van der Waals surface area (Å²) in [4.78, 5) is 37.8. The molecule has 0 aliphatic rings. The van der Waals surface area contributed by atoms with Crippen LogP contribution in [-0.4, -0.2) is 37.2 Å². The summed E-state index contributed by atoms with van der Waals surface area (Å²) in [5.74, 6) is -0.948. The molecule has 57 heavy (non-hydrogen) atoms. The van der Waals surface area contributed by atoms with Crippen molar-refractivity contribution in [1.29, 1.82) is 0 Å². The van der Waals surface area contributed by atoms with E-state index in [0.29, 0.717) is 19.3 Å². The number of carbonyl (C=O) groups is 3. The first kappa shape index (κ1) is 54.1. The van der Waals surface area contributed by atoms with E-state index in [1.54, 1.807) is 0 Å². The fourth-order valence-electron chi connectivity index (χ4n) is 6.43. The van der Waals surface area contributed by atoms with Crippen LogP contribution in [0.3, 0.4) is 0 Å². The zero-order valence-electron chi connectivity index (χ0n) is 37.3. The lowest BCUT2D eigenvalue weighted by atomic mass is 10.1. The van der Waals surface area contributed by atoms with E-state index in [-0.39, 0.29) is 31.1 Å². The number of hydrogen-bond acceptors (Lipinski definition) is 6. The maximum Gasteiger partial charge on any atom is 0.306 e. The summed E-state index contributed by atoms with van der Waals surface area (Å²) >= 11 is 0. The molecule has 0 N–H and O–H groups in total. The monoisotopic (exact) mass is 797 g/mol. The van der Waals surface area contributed by atoms with Gasteiger partial charge >= 0.3 is 17.9 Å². The smallest absolute Gasteiger partial charge is 0.306 e. The van der Waals surface area contributed by atoms with Crippen LogP contribution in [0.5, 0.6) is 0 Å². The first-order valence-electron chi connectivity index (χ1n) is 23.8. The van der Waals surface area contributed by atoms with Crippen molar-refractivity contribution in [2.75, 3.05) is 13.2 Å². The minimum absolute atomic E-state index is 0.0951. The summed E-state index contributed by atoms with van der Waals surface area (Å²) in [5.41, 5.74) is 0. The largest absolute Gasteiger partial charge is 0.462 e. The molecule has 0 bridgehead atoms. The van der Waals surface area contributed by atoms with Gasteiger partial charge in [-0.05, 0) is 89.9 Å². The third-order valence-corrected chi connectivity index (χ3v) is 10.0. The van der Waals surface area contributed by atoms with Crippen molar-refractivity contribution in [1.82, 2.24) is 0 Å². The van der Waals surface area contributed by atoms with Gasteiger partial charge in [0.2, 0.25) is 0 Å². The zero-order chi connectivity index (χ0) is 41.5. The number of rotatable bonds is 42. The van der Waals surface area contributed by atoms with Gasteiger partial charge in [0, 0.05) is 19.3 Å². The molecule has 0 aromatic heterocycles. The van der Waals surface area contributed by atoms with Gasteiger partial charge in [0.15, 0.2) is 6.10 Å². The van der Waals surface area contributed by atoms with E-state index in [9.17, 15) is 14.4 Å². The summed E-state index contributed by atoms with van der Waals surface area (Å²) in [6.45, 7) is 6.43. The molecule has 0 rings (SSSR count). The highest BCUT2D eigenvalue weighted by Gasteiger charge is 2.19. The Kier molecular flexibility index (Phi) is 43.5. The van der Waals surface area contributed by atoms with Crippen LogP contribution >= 0.6 is 0 Å². The average Bonchev–Trinajstić information content (AvgIpc) is 3.21. The Morgan fingerprint density at radius 3 is 1.12 bits per heavy atom. The molecule has 0 saturated carbocycles. The first-order chi connectivity index (χ1) is 28.0. The molecule has 0 aliphatic heterocycles. The van der Waals surface area contributed by atoms with Crippen LogP contribution in [-0.2, 0) is 28.6 Å². The quantitative estimate of drug-likeness (QED) is 0.0201. The van der Waals surface area contributed by atoms with Crippen molar-refractivity contribution in [2.24, 2.45) is 0 Å². The average molecular weight is 797 g/mol. The summed E-state index contributed by atoms with van der Waals surface area (Å²) in [5, 5.41) is 0. The number of carbonyl (C=O) groups excluding carboxylic acids is 3. The number of ether oxygens (including phenoxy) is 3. The highest BCUT2D eigenvalue weighted by molar-refractivity contribution is 5.71. The van der Waals surface area contributed by atoms with E-state index in [2.05, 4.69) is 81.5 Å². The molecule has 0 heterocycles. The second kappa shape index (κ2) is 45.8. The molecule has 1 atom stereocenters. The van der Waals surface area contributed by atoms with Gasteiger partial charge in [-0.3, -0.25) is 14.4 Å². The molecule has 0 aromatic rings. The lowest BCUT2D eigenvalue weighted by Gasteiger charge is -2.18. The summed E-state index contributed by atoms with van der Waals surface area (Å²) in [6, 6.07) is 0. The fourth-order valence-corrected chi connectivity index (χ4v) is 6.43. The highest BCUT2D eigenvalue weighted by Crippen LogP contribution is 2.13. The van der Waals surface area contributed by atoms with Crippen molar-refractivity contribution >= 4 is 17.9 Å². The van der Waals surface area contributed by atoms with Crippen molar-refractivity contribution in [2.45, 2.75) is 232 Å². The molecule has 0 radical (unpaired) electrons. The number of unbranched alkanes of at least 4 members (excludes halogenated alkanes) is 23. The van der Waals surface area contributed by atoms with Gasteiger partial charge in [-0.2, -0.15) is 0 Å². The first-order valence-corrected chi connectivity index (χ1v) is 23.8. The van der Waals surface area contributed by atoms with Crippen LogP contribution in [0.2, 0.25) is 0 Å². The van der Waals surface area contributed by atoms with Crippen molar-refractivity contribution < 1.29 is 28.6 Å². The van der Waals surface area contributed by atoms with Gasteiger partial charge in [-0.15, -0.1) is 0 Å². The lowest BCUT2D eigenvalue weighted by Crippen LogP contribution is -2.30. The molecule has 0 saturated heterocycles. The molecule has 0 aromatic carbocycles. The van der Waals surface area contributed by atoms with Crippen LogP contribution in [0.4, 0.5) is 0 Å². The number of hydrogen-bond donors (Lipinski definition) is 0. The van der Waals surface area contributed by atoms with E-state index >= 15 is 0 Å².